The van der Waals surface area contributed by atoms with Gasteiger partial charge in [-0.1, -0.05) is 30.3 Å². The Hall–Kier alpha value is -4.72. The molecule has 8 nitrogen and oxygen atoms in total. The minimum absolute atomic E-state index is 0.00364. The number of aliphatic hydroxyl groups is 1. The summed E-state index contributed by atoms with van der Waals surface area (Å²) in [5.41, 5.74) is 2.32. The third-order valence-electron chi connectivity index (χ3n) is 6.41. The molecule has 8 heteroatoms. The fourth-order valence-corrected chi connectivity index (χ4v) is 4.80. The lowest BCUT2D eigenvalue weighted by Crippen LogP contribution is -2.29. The van der Waals surface area contributed by atoms with Crippen molar-refractivity contribution in [2.45, 2.75) is 13.0 Å². The number of nitrogens with zero attached hydrogens (tertiary/aromatic N) is 1. The number of fused-ring (bicyclic) bond motifs is 2. The van der Waals surface area contributed by atoms with Crippen LogP contribution in [0.4, 0.5) is 5.69 Å². The summed E-state index contributed by atoms with van der Waals surface area (Å²) in [4.78, 5) is 31.5. The van der Waals surface area contributed by atoms with E-state index in [1.165, 1.54) is 4.90 Å². The predicted molar refractivity (Wildman–Crippen MR) is 133 cm³/mol. The number of para-hydroxylation sites is 1. The van der Waals surface area contributed by atoms with Crippen LogP contribution in [0.1, 0.15) is 24.1 Å². The lowest BCUT2D eigenvalue weighted by molar-refractivity contribution is -0.132. The molecule has 1 saturated heterocycles. The molecule has 3 heterocycles. The Morgan fingerprint density at radius 2 is 1.89 bits per heavy atom. The zero-order valence-corrected chi connectivity index (χ0v) is 19.4. The van der Waals surface area contributed by atoms with Gasteiger partial charge in [-0.05, 0) is 42.8 Å². The van der Waals surface area contributed by atoms with Gasteiger partial charge in [-0.25, -0.2) is 0 Å². The second-order valence-electron chi connectivity index (χ2n) is 8.46. The molecule has 0 saturated carbocycles. The van der Waals surface area contributed by atoms with Crippen LogP contribution in [-0.4, -0.2) is 35.2 Å². The molecule has 2 aliphatic heterocycles. The van der Waals surface area contributed by atoms with E-state index in [9.17, 15) is 14.7 Å². The molecular weight excluding hydrogens is 460 g/mol. The fraction of sp³-hybridized carbons (Fsp3) is 0.143. The highest BCUT2D eigenvalue weighted by atomic mass is 16.7. The molecular formula is C28H22N2O6. The molecule has 1 fully saturated rings. The monoisotopic (exact) mass is 482 g/mol. The van der Waals surface area contributed by atoms with Crippen molar-refractivity contribution in [3.05, 3.63) is 89.6 Å². The number of aliphatic hydroxyl groups excluding tert-OH is 1. The number of hydrogen-bond acceptors (Lipinski definition) is 6. The molecule has 4 aromatic rings. The van der Waals surface area contributed by atoms with E-state index < -0.39 is 17.7 Å². The zero-order valence-electron chi connectivity index (χ0n) is 19.4. The number of Topliss-reactive ketones (excluding diaryl/α,β-unsaturated/α-hetero) is 1. The largest absolute Gasteiger partial charge is 0.507 e. The van der Waals surface area contributed by atoms with Crippen LogP contribution in [-0.2, 0) is 9.59 Å². The van der Waals surface area contributed by atoms with Gasteiger partial charge in [-0.2, -0.15) is 0 Å². The average molecular weight is 482 g/mol. The molecule has 1 unspecified atom stereocenters. The van der Waals surface area contributed by atoms with E-state index in [4.69, 9.17) is 14.2 Å². The lowest BCUT2D eigenvalue weighted by Gasteiger charge is -2.26. The number of nitrogens with one attached hydrogen (secondary N) is 1. The molecule has 0 bridgehead atoms. The van der Waals surface area contributed by atoms with Gasteiger partial charge in [-0.3, -0.25) is 14.5 Å². The number of ether oxygens (including phenoxy) is 3. The van der Waals surface area contributed by atoms with E-state index >= 15 is 0 Å². The first-order valence-electron chi connectivity index (χ1n) is 11.6. The van der Waals surface area contributed by atoms with Crippen LogP contribution in [0.15, 0.2) is 78.5 Å². The highest BCUT2D eigenvalue weighted by Gasteiger charge is 2.47. The minimum atomic E-state index is -0.889. The first kappa shape index (κ1) is 21.8. The molecule has 36 heavy (non-hydrogen) atoms. The number of benzene rings is 3. The van der Waals surface area contributed by atoms with E-state index in [1.54, 1.807) is 42.6 Å². The van der Waals surface area contributed by atoms with Gasteiger partial charge in [0.05, 0.1) is 18.2 Å². The van der Waals surface area contributed by atoms with Gasteiger partial charge in [0, 0.05) is 34.4 Å². The number of aromatic nitrogens is 1. The van der Waals surface area contributed by atoms with Crippen LogP contribution in [0.5, 0.6) is 17.2 Å². The number of rotatable bonds is 5. The number of ketones is 1. The maximum Gasteiger partial charge on any atom is 0.300 e. The van der Waals surface area contributed by atoms with Crippen molar-refractivity contribution in [3.63, 3.8) is 0 Å². The van der Waals surface area contributed by atoms with E-state index in [0.717, 1.165) is 10.9 Å². The van der Waals surface area contributed by atoms with Crippen LogP contribution in [0.3, 0.4) is 0 Å². The van der Waals surface area contributed by atoms with Gasteiger partial charge in [0.1, 0.15) is 11.5 Å². The van der Waals surface area contributed by atoms with Gasteiger partial charge >= 0.3 is 0 Å². The summed E-state index contributed by atoms with van der Waals surface area (Å²) < 4.78 is 16.6. The average Bonchev–Trinajstić information content (AvgIpc) is 3.60. The fourth-order valence-electron chi connectivity index (χ4n) is 4.80. The molecule has 180 valence electrons. The van der Waals surface area contributed by atoms with Crippen LogP contribution in [0.25, 0.3) is 16.7 Å². The van der Waals surface area contributed by atoms with E-state index in [1.807, 2.05) is 37.3 Å². The number of anilines is 1. The highest BCUT2D eigenvalue weighted by Crippen LogP contribution is 2.45. The summed E-state index contributed by atoms with van der Waals surface area (Å²) in [7, 11) is 0. The van der Waals surface area contributed by atoms with Crippen LogP contribution >= 0.6 is 0 Å². The predicted octanol–water partition coefficient (Wildman–Crippen LogP) is 4.92. The van der Waals surface area contributed by atoms with Crippen molar-refractivity contribution < 1.29 is 28.9 Å². The number of H-pyrrole nitrogens is 1. The summed E-state index contributed by atoms with van der Waals surface area (Å²) in [5.74, 6) is -0.138. The smallest absolute Gasteiger partial charge is 0.300 e. The van der Waals surface area contributed by atoms with Crippen molar-refractivity contribution in [2.75, 3.05) is 18.3 Å². The summed E-state index contributed by atoms with van der Waals surface area (Å²) in [5, 5.41) is 12.2. The first-order valence-corrected chi connectivity index (χ1v) is 11.6. The van der Waals surface area contributed by atoms with E-state index in [-0.39, 0.29) is 18.1 Å². The van der Waals surface area contributed by atoms with Gasteiger partial charge in [0.25, 0.3) is 11.7 Å². The molecule has 2 N–H and O–H groups in total. The number of carbonyl (C=O) groups excluding carboxylic acids is 2. The van der Waals surface area contributed by atoms with Gasteiger partial charge in [-0.15, -0.1) is 0 Å². The van der Waals surface area contributed by atoms with Crippen molar-refractivity contribution in [1.82, 2.24) is 4.98 Å². The summed E-state index contributed by atoms with van der Waals surface area (Å²) in [6, 6.07) is 18.8. The van der Waals surface area contributed by atoms with Crippen LogP contribution in [0, 0.1) is 0 Å². The molecule has 0 aliphatic carbocycles. The van der Waals surface area contributed by atoms with E-state index in [0.29, 0.717) is 40.7 Å². The quantitative estimate of drug-likeness (QED) is 0.238. The third-order valence-corrected chi connectivity index (χ3v) is 6.41. The minimum Gasteiger partial charge on any atom is -0.507 e. The topological polar surface area (TPSA) is 101 Å². The molecule has 1 atom stereocenters. The van der Waals surface area contributed by atoms with Crippen molar-refractivity contribution >= 4 is 34.0 Å². The van der Waals surface area contributed by atoms with Crippen molar-refractivity contribution in [1.29, 1.82) is 0 Å². The standard InChI is InChI=1S/C28H22N2O6/c1-2-34-18-7-5-6-16(12-18)25-24(26(31)20-14-29-21-9-4-3-8-19(20)21)27(32)28(33)30(25)17-10-11-22-23(13-17)36-15-35-22/h3-14,25,29,31H,2,15H2,1H3/b26-24-. The maximum absolute atomic E-state index is 13.5. The summed E-state index contributed by atoms with van der Waals surface area (Å²) >= 11 is 0. The summed E-state index contributed by atoms with van der Waals surface area (Å²) in [6.07, 6.45) is 1.64. The number of aromatic amines is 1. The molecule has 1 amide bonds. The second-order valence-corrected chi connectivity index (χ2v) is 8.46. The molecule has 1 aromatic heterocycles. The first-order chi connectivity index (χ1) is 17.6. The second kappa shape index (κ2) is 8.49. The van der Waals surface area contributed by atoms with Crippen molar-refractivity contribution in [3.8, 4) is 17.2 Å². The zero-order chi connectivity index (χ0) is 24.8. The Bertz CT molecular complexity index is 1550. The lowest BCUT2D eigenvalue weighted by atomic mass is 9.94. The Balaban J connectivity index is 1.57. The maximum atomic E-state index is 13.5. The van der Waals surface area contributed by atoms with Gasteiger partial charge < -0.3 is 24.3 Å². The molecule has 0 spiro atoms. The Labute approximate surface area is 206 Å². The molecule has 0 radical (unpaired) electrons. The third kappa shape index (κ3) is 3.38. The van der Waals surface area contributed by atoms with Crippen LogP contribution in [0.2, 0.25) is 0 Å². The normalized spacial score (nSPS) is 18.2. The van der Waals surface area contributed by atoms with Gasteiger partial charge in [0.15, 0.2) is 11.5 Å². The number of amides is 1. The van der Waals surface area contributed by atoms with Crippen molar-refractivity contribution in [2.24, 2.45) is 0 Å². The Morgan fingerprint density at radius 1 is 1.06 bits per heavy atom. The van der Waals surface area contributed by atoms with Gasteiger partial charge in [0.2, 0.25) is 6.79 Å². The highest BCUT2D eigenvalue weighted by molar-refractivity contribution is 6.51. The van der Waals surface area contributed by atoms with E-state index in [2.05, 4.69) is 4.98 Å². The molecule has 2 aliphatic rings. The number of carbonyl (C=O) groups is 2. The van der Waals surface area contributed by atoms with Crippen LogP contribution < -0.4 is 19.1 Å². The number of hydrogen-bond donors (Lipinski definition) is 2. The molecule has 3 aromatic carbocycles. The summed E-state index contributed by atoms with van der Waals surface area (Å²) in [6.45, 7) is 2.42. The Morgan fingerprint density at radius 3 is 2.75 bits per heavy atom. The Kier molecular flexibility index (Phi) is 5.14. The SMILES string of the molecule is CCOc1cccc(C2/C(=C(/O)c3c[nH]c4ccccc34)C(=O)C(=O)N2c2ccc3c(c2)OCO3)c1. The molecule has 6 rings (SSSR count).